The van der Waals surface area contributed by atoms with Crippen LogP contribution in [0.1, 0.15) is 6.42 Å². The van der Waals surface area contributed by atoms with Crippen LogP contribution in [0.4, 0.5) is 5.69 Å². The summed E-state index contributed by atoms with van der Waals surface area (Å²) >= 11 is 5.89. The van der Waals surface area contributed by atoms with E-state index in [1.165, 1.54) is 0 Å². The van der Waals surface area contributed by atoms with Gasteiger partial charge < -0.3 is 10.1 Å². The minimum absolute atomic E-state index is 0.0567. The van der Waals surface area contributed by atoms with E-state index in [-0.39, 0.29) is 5.91 Å². The molecule has 122 valence electrons. The Balaban J connectivity index is 1.64. The predicted molar refractivity (Wildman–Crippen MR) is 94.1 cm³/mol. The van der Waals surface area contributed by atoms with Crippen molar-refractivity contribution in [1.29, 1.82) is 0 Å². The van der Waals surface area contributed by atoms with Crippen LogP contribution in [-0.4, -0.2) is 37.6 Å². The molecule has 0 aromatic heterocycles. The van der Waals surface area contributed by atoms with Gasteiger partial charge in [-0.3, -0.25) is 9.69 Å². The van der Waals surface area contributed by atoms with Crippen LogP contribution in [0.5, 0.6) is 5.75 Å². The smallest absolute Gasteiger partial charge is 0.238 e. The van der Waals surface area contributed by atoms with Crippen molar-refractivity contribution in [3.63, 3.8) is 0 Å². The molecule has 1 N–H and O–H groups in total. The fourth-order valence-corrected chi connectivity index (χ4v) is 2.32. The zero-order chi connectivity index (χ0) is 16.5. The maximum Gasteiger partial charge on any atom is 0.238 e. The van der Waals surface area contributed by atoms with Crippen LogP contribution in [0.3, 0.4) is 0 Å². The fraction of sp³-hybridized carbons (Fsp3) is 0.278. The number of amides is 1. The largest absolute Gasteiger partial charge is 0.494 e. The van der Waals surface area contributed by atoms with E-state index in [9.17, 15) is 4.79 Å². The summed E-state index contributed by atoms with van der Waals surface area (Å²) in [5.41, 5.74) is 0.711. The van der Waals surface area contributed by atoms with Gasteiger partial charge in [-0.1, -0.05) is 35.9 Å². The molecule has 0 saturated heterocycles. The number of hydrogen-bond donors (Lipinski definition) is 1. The number of hydrogen-bond acceptors (Lipinski definition) is 3. The molecular formula is C18H21ClN2O2. The first-order valence-electron chi connectivity index (χ1n) is 7.55. The van der Waals surface area contributed by atoms with Crippen molar-refractivity contribution in [2.24, 2.45) is 0 Å². The molecule has 4 nitrogen and oxygen atoms in total. The number of carbonyl (C=O) groups is 1. The summed E-state index contributed by atoms with van der Waals surface area (Å²) in [6, 6.07) is 16.8. The first-order valence-corrected chi connectivity index (χ1v) is 7.93. The first-order chi connectivity index (χ1) is 11.1. The number of carbonyl (C=O) groups excluding carboxylic acids is 1. The third-order valence-electron chi connectivity index (χ3n) is 3.22. The molecule has 0 radical (unpaired) electrons. The lowest BCUT2D eigenvalue weighted by Crippen LogP contribution is -2.31. The van der Waals surface area contributed by atoms with Crippen molar-refractivity contribution in [2.45, 2.75) is 6.42 Å². The van der Waals surface area contributed by atoms with Crippen LogP contribution in [0.25, 0.3) is 0 Å². The van der Waals surface area contributed by atoms with Crippen LogP contribution >= 0.6 is 11.6 Å². The first kappa shape index (κ1) is 17.3. The molecule has 0 aliphatic rings. The van der Waals surface area contributed by atoms with Crippen LogP contribution in [-0.2, 0) is 4.79 Å². The zero-order valence-electron chi connectivity index (χ0n) is 13.2. The number of benzene rings is 2. The molecule has 2 aromatic carbocycles. The van der Waals surface area contributed by atoms with Gasteiger partial charge in [0.05, 0.1) is 13.2 Å². The molecule has 0 atom stereocenters. The lowest BCUT2D eigenvalue weighted by molar-refractivity contribution is -0.117. The summed E-state index contributed by atoms with van der Waals surface area (Å²) in [7, 11) is 1.92. The Kier molecular flexibility index (Phi) is 6.91. The van der Waals surface area contributed by atoms with Gasteiger partial charge in [-0.05, 0) is 43.8 Å². The topological polar surface area (TPSA) is 41.6 Å². The monoisotopic (exact) mass is 332 g/mol. The average Bonchev–Trinajstić information content (AvgIpc) is 2.52. The Morgan fingerprint density at radius 3 is 2.70 bits per heavy atom. The second-order valence-corrected chi connectivity index (χ2v) is 5.75. The number of para-hydroxylation sites is 1. The third kappa shape index (κ3) is 6.72. The van der Waals surface area contributed by atoms with Gasteiger partial charge in [-0.15, -0.1) is 0 Å². The van der Waals surface area contributed by atoms with E-state index in [1.807, 2.05) is 54.4 Å². The highest BCUT2D eigenvalue weighted by atomic mass is 35.5. The minimum Gasteiger partial charge on any atom is -0.494 e. The molecule has 1 amide bonds. The predicted octanol–water partition coefficient (Wildman–Crippen LogP) is 3.68. The SMILES string of the molecule is CN(CCCOc1ccccc1)CC(=O)Nc1cccc(Cl)c1. The van der Waals surface area contributed by atoms with Crippen molar-refractivity contribution in [3.8, 4) is 5.75 Å². The van der Waals surface area contributed by atoms with Gasteiger partial charge in [0.2, 0.25) is 5.91 Å². The van der Waals surface area contributed by atoms with E-state index in [4.69, 9.17) is 16.3 Å². The number of nitrogens with one attached hydrogen (secondary N) is 1. The summed E-state index contributed by atoms with van der Waals surface area (Å²) in [6.07, 6.45) is 0.857. The molecule has 0 aliphatic heterocycles. The van der Waals surface area contributed by atoms with E-state index in [2.05, 4.69) is 5.32 Å². The molecule has 0 aliphatic carbocycles. The molecule has 0 saturated carbocycles. The minimum atomic E-state index is -0.0567. The van der Waals surface area contributed by atoms with Crippen molar-refractivity contribution < 1.29 is 9.53 Å². The molecule has 23 heavy (non-hydrogen) atoms. The lowest BCUT2D eigenvalue weighted by atomic mass is 10.3. The average molecular weight is 333 g/mol. The summed E-state index contributed by atoms with van der Waals surface area (Å²) in [5, 5.41) is 3.44. The Labute approximate surface area is 142 Å². The molecule has 0 bridgehead atoms. The van der Waals surface area contributed by atoms with Crippen LogP contribution in [0, 0.1) is 0 Å². The second-order valence-electron chi connectivity index (χ2n) is 5.31. The van der Waals surface area contributed by atoms with Gasteiger partial charge in [0.1, 0.15) is 5.75 Å². The van der Waals surface area contributed by atoms with Crippen LogP contribution in [0.2, 0.25) is 5.02 Å². The normalized spacial score (nSPS) is 10.6. The van der Waals surface area contributed by atoms with E-state index in [0.29, 0.717) is 23.9 Å². The molecule has 0 spiro atoms. The Bertz CT molecular complexity index is 619. The van der Waals surface area contributed by atoms with Gasteiger partial charge in [0.25, 0.3) is 0 Å². The van der Waals surface area contributed by atoms with E-state index in [1.54, 1.807) is 12.1 Å². The second kappa shape index (κ2) is 9.18. The van der Waals surface area contributed by atoms with Gasteiger partial charge >= 0.3 is 0 Å². The summed E-state index contributed by atoms with van der Waals surface area (Å²) < 4.78 is 5.63. The molecule has 2 aromatic rings. The van der Waals surface area contributed by atoms with Gasteiger partial charge in [0.15, 0.2) is 0 Å². The Morgan fingerprint density at radius 1 is 1.17 bits per heavy atom. The molecule has 0 heterocycles. The van der Waals surface area contributed by atoms with Crippen molar-refractivity contribution in [1.82, 2.24) is 4.90 Å². The number of ether oxygens (including phenoxy) is 1. The molecular weight excluding hydrogens is 312 g/mol. The highest BCUT2D eigenvalue weighted by molar-refractivity contribution is 6.30. The number of nitrogens with zero attached hydrogens (tertiary/aromatic N) is 1. The van der Waals surface area contributed by atoms with Crippen molar-refractivity contribution in [2.75, 3.05) is 32.1 Å². The molecule has 2 rings (SSSR count). The van der Waals surface area contributed by atoms with E-state index >= 15 is 0 Å². The van der Waals surface area contributed by atoms with Crippen LogP contribution in [0.15, 0.2) is 54.6 Å². The lowest BCUT2D eigenvalue weighted by Gasteiger charge is -2.16. The Hall–Kier alpha value is -2.04. The maximum absolute atomic E-state index is 12.0. The summed E-state index contributed by atoms with van der Waals surface area (Å²) in [4.78, 5) is 13.9. The maximum atomic E-state index is 12.0. The number of likely N-dealkylation sites (N-methyl/N-ethyl adjacent to an activating group) is 1. The molecule has 5 heteroatoms. The highest BCUT2D eigenvalue weighted by Gasteiger charge is 2.07. The van der Waals surface area contributed by atoms with Gasteiger partial charge in [-0.25, -0.2) is 0 Å². The standard InChI is InChI=1S/C18H21ClN2O2/c1-21(11-6-12-23-17-9-3-2-4-10-17)14-18(22)20-16-8-5-7-15(19)13-16/h2-5,7-10,13H,6,11-12,14H2,1H3,(H,20,22). The summed E-state index contributed by atoms with van der Waals surface area (Å²) in [5.74, 6) is 0.813. The molecule has 0 fully saturated rings. The Morgan fingerprint density at radius 2 is 1.96 bits per heavy atom. The van der Waals surface area contributed by atoms with Crippen LogP contribution < -0.4 is 10.1 Å². The van der Waals surface area contributed by atoms with Gasteiger partial charge in [-0.2, -0.15) is 0 Å². The number of rotatable bonds is 8. The number of anilines is 1. The molecule has 0 unspecified atom stereocenters. The third-order valence-corrected chi connectivity index (χ3v) is 3.45. The van der Waals surface area contributed by atoms with Gasteiger partial charge in [0, 0.05) is 17.3 Å². The number of halogens is 1. The van der Waals surface area contributed by atoms with E-state index in [0.717, 1.165) is 18.7 Å². The quantitative estimate of drug-likeness (QED) is 0.750. The highest BCUT2D eigenvalue weighted by Crippen LogP contribution is 2.14. The van der Waals surface area contributed by atoms with Crippen molar-refractivity contribution in [3.05, 3.63) is 59.6 Å². The van der Waals surface area contributed by atoms with E-state index < -0.39 is 0 Å². The van der Waals surface area contributed by atoms with Crippen molar-refractivity contribution >= 4 is 23.2 Å². The summed E-state index contributed by atoms with van der Waals surface area (Å²) in [6.45, 7) is 1.75. The zero-order valence-corrected chi connectivity index (χ0v) is 13.9. The fourth-order valence-electron chi connectivity index (χ4n) is 2.13.